The van der Waals surface area contributed by atoms with Crippen molar-refractivity contribution in [2.45, 2.75) is 24.8 Å². The molecule has 0 saturated heterocycles. The Hall–Kier alpha value is -1.24. The van der Waals surface area contributed by atoms with E-state index in [1.807, 2.05) is 24.6 Å². The molecule has 1 unspecified atom stereocenters. The zero-order valence-electron chi connectivity index (χ0n) is 11.8. The summed E-state index contributed by atoms with van der Waals surface area (Å²) in [6.45, 7) is 3.70. The molecule has 1 atom stereocenters. The van der Waals surface area contributed by atoms with Gasteiger partial charge in [-0.2, -0.15) is 0 Å². The number of thiazole rings is 1. The van der Waals surface area contributed by atoms with Crippen LogP contribution in [0.5, 0.6) is 0 Å². The summed E-state index contributed by atoms with van der Waals surface area (Å²) in [5.74, 6) is 0.118. The maximum absolute atomic E-state index is 11.8. The van der Waals surface area contributed by atoms with Crippen LogP contribution in [0.1, 0.15) is 24.9 Å². The van der Waals surface area contributed by atoms with E-state index < -0.39 is 9.84 Å². The number of rotatable bonds is 5. The summed E-state index contributed by atoms with van der Waals surface area (Å²) in [7, 11) is -1.24. The minimum absolute atomic E-state index is 0.118. The highest BCUT2D eigenvalue weighted by Crippen LogP contribution is 2.26. The molecule has 0 saturated carbocycles. The first-order valence-electron chi connectivity index (χ1n) is 6.44. The molecule has 2 aromatic rings. The highest BCUT2D eigenvalue weighted by Gasteiger charge is 2.13. The Morgan fingerprint density at radius 1 is 1.30 bits per heavy atom. The monoisotopic (exact) mass is 310 g/mol. The SMILES string of the molecule is CCS(=O)(=O)c1ccc(-c2csc(C(C)NC)n2)cc1. The van der Waals surface area contributed by atoms with E-state index in [1.54, 1.807) is 30.4 Å². The number of aromatic nitrogens is 1. The predicted molar refractivity (Wildman–Crippen MR) is 82.8 cm³/mol. The van der Waals surface area contributed by atoms with Gasteiger partial charge in [-0.1, -0.05) is 19.1 Å². The summed E-state index contributed by atoms with van der Waals surface area (Å²) in [5, 5.41) is 6.16. The fourth-order valence-electron chi connectivity index (χ4n) is 1.74. The lowest BCUT2D eigenvalue weighted by atomic mass is 10.2. The van der Waals surface area contributed by atoms with Gasteiger partial charge < -0.3 is 5.32 Å². The van der Waals surface area contributed by atoms with Crippen molar-refractivity contribution in [2.75, 3.05) is 12.8 Å². The van der Waals surface area contributed by atoms with Crippen molar-refractivity contribution in [1.82, 2.24) is 10.3 Å². The number of hydrogen-bond donors (Lipinski definition) is 1. The molecule has 0 amide bonds. The van der Waals surface area contributed by atoms with Crippen LogP contribution < -0.4 is 5.32 Å². The van der Waals surface area contributed by atoms with Gasteiger partial charge in [0.15, 0.2) is 9.84 Å². The molecule has 1 heterocycles. The molecule has 0 spiro atoms. The highest BCUT2D eigenvalue weighted by molar-refractivity contribution is 7.91. The van der Waals surface area contributed by atoms with E-state index in [4.69, 9.17) is 0 Å². The first-order valence-corrected chi connectivity index (χ1v) is 8.97. The van der Waals surface area contributed by atoms with Crippen LogP contribution in [0.25, 0.3) is 11.3 Å². The molecule has 4 nitrogen and oxygen atoms in total. The summed E-state index contributed by atoms with van der Waals surface area (Å²) in [6.07, 6.45) is 0. The lowest BCUT2D eigenvalue weighted by Gasteiger charge is -2.05. The van der Waals surface area contributed by atoms with Crippen LogP contribution >= 0.6 is 11.3 Å². The maximum Gasteiger partial charge on any atom is 0.178 e. The largest absolute Gasteiger partial charge is 0.311 e. The molecule has 1 aromatic carbocycles. The van der Waals surface area contributed by atoms with Crippen LogP contribution in [-0.2, 0) is 9.84 Å². The van der Waals surface area contributed by atoms with E-state index in [2.05, 4.69) is 17.2 Å². The summed E-state index contributed by atoms with van der Waals surface area (Å²) >= 11 is 1.60. The Labute approximate surface area is 123 Å². The Bertz CT molecular complexity index is 675. The molecule has 2 rings (SSSR count). The number of nitrogens with zero attached hydrogens (tertiary/aromatic N) is 1. The second-order valence-electron chi connectivity index (χ2n) is 4.51. The first-order chi connectivity index (χ1) is 9.47. The predicted octanol–water partition coefficient (Wildman–Crippen LogP) is 2.88. The Morgan fingerprint density at radius 3 is 2.50 bits per heavy atom. The van der Waals surface area contributed by atoms with Gasteiger partial charge in [0, 0.05) is 10.9 Å². The Morgan fingerprint density at radius 2 is 1.95 bits per heavy atom. The van der Waals surface area contributed by atoms with Crippen LogP contribution in [0.3, 0.4) is 0 Å². The minimum Gasteiger partial charge on any atom is -0.311 e. The van der Waals surface area contributed by atoms with Gasteiger partial charge in [-0.15, -0.1) is 11.3 Å². The topological polar surface area (TPSA) is 59.1 Å². The van der Waals surface area contributed by atoms with Crippen molar-refractivity contribution in [3.8, 4) is 11.3 Å². The van der Waals surface area contributed by atoms with Crippen LogP contribution in [-0.4, -0.2) is 26.2 Å². The molecule has 0 fully saturated rings. The summed E-state index contributed by atoms with van der Waals surface area (Å²) < 4.78 is 23.5. The third kappa shape index (κ3) is 3.08. The zero-order chi connectivity index (χ0) is 14.8. The van der Waals surface area contributed by atoms with Crippen molar-refractivity contribution in [1.29, 1.82) is 0 Å². The van der Waals surface area contributed by atoms with E-state index in [0.717, 1.165) is 16.3 Å². The van der Waals surface area contributed by atoms with Crippen molar-refractivity contribution >= 4 is 21.2 Å². The van der Waals surface area contributed by atoms with E-state index in [0.29, 0.717) is 4.90 Å². The molecule has 0 aliphatic carbocycles. The van der Waals surface area contributed by atoms with Gasteiger partial charge in [-0.05, 0) is 26.1 Å². The lowest BCUT2D eigenvalue weighted by molar-refractivity contribution is 0.597. The van der Waals surface area contributed by atoms with Gasteiger partial charge in [-0.25, -0.2) is 13.4 Å². The third-order valence-electron chi connectivity index (χ3n) is 3.21. The van der Waals surface area contributed by atoms with E-state index in [9.17, 15) is 8.42 Å². The van der Waals surface area contributed by atoms with Crippen molar-refractivity contribution < 1.29 is 8.42 Å². The molecule has 20 heavy (non-hydrogen) atoms. The fourth-order valence-corrected chi connectivity index (χ4v) is 3.52. The van der Waals surface area contributed by atoms with Gasteiger partial charge in [0.05, 0.1) is 22.4 Å². The van der Waals surface area contributed by atoms with Gasteiger partial charge in [-0.3, -0.25) is 0 Å². The zero-order valence-corrected chi connectivity index (χ0v) is 13.4. The van der Waals surface area contributed by atoms with E-state index in [-0.39, 0.29) is 11.8 Å². The fraction of sp³-hybridized carbons (Fsp3) is 0.357. The molecular weight excluding hydrogens is 292 g/mol. The van der Waals surface area contributed by atoms with Crippen LogP contribution in [0.4, 0.5) is 0 Å². The van der Waals surface area contributed by atoms with Crippen LogP contribution in [0.2, 0.25) is 0 Å². The minimum atomic E-state index is -3.14. The van der Waals surface area contributed by atoms with Crippen LogP contribution in [0.15, 0.2) is 34.5 Å². The molecule has 6 heteroatoms. The standard InChI is InChI=1S/C14H18N2O2S2/c1-4-20(17,18)12-7-5-11(6-8-12)13-9-19-14(16-13)10(2)15-3/h5-10,15H,4H2,1-3H3. The molecule has 108 valence electrons. The summed E-state index contributed by atoms with van der Waals surface area (Å²) in [6, 6.07) is 7.13. The average Bonchev–Trinajstić information content (AvgIpc) is 2.96. The molecule has 0 aliphatic rings. The van der Waals surface area contributed by atoms with Crippen molar-refractivity contribution in [3.63, 3.8) is 0 Å². The first kappa shape index (κ1) is 15.2. The summed E-state index contributed by atoms with van der Waals surface area (Å²) in [5.41, 5.74) is 1.82. The lowest BCUT2D eigenvalue weighted by Crippen LogP contribution is -2.11. The molecular formula is C14H18N2O2S2. The highest BCUT2D eigenvalue weighted by atomic mass is 32.2. The van der Waals surface area contributed by atoms with Crippen LogP contribution in [0, 0.1) is 0 Å². The molecule has 1 N–H and O–H groups in total. The average molecular weight is 310 g/mol. The Kier molecular flexibility index (Phi) is 4.57. The van der Waals surface area contributed by atoms with E-state index >= 15 is 0 Å². The number of nitrogens with one attached hydrogen (secondary N) is 1. The second-order valence-corrected chi connectivity index (χ2v) is 7.68. The molecule has 0 aliphatic heterocycles. The number of benzene rings is 1. The van der Waals surface area contributed by atoms with Gasteiger partial charge in [0.1, 0.15) is 5.01 Å². The van der Waals surface area contributed by atoms with Gasteiger partial charge in [0.2, 0.25) is 0 Å². The maximum atomic E-state index is 11.8. The Balaban J connectivity index is 2.29. The number of sulfone groups is 1. The second kappa shape index (κ2) is 6.03. The molecule has 1 aromatic heterocycles. The third-order valence-corrected chi connectivity index (χ3v) is 5.99. The van der Waals surface area contributed by atoms with E-state index in [1.165, 1.54) is 0 Å². The van der Waals surface area contributed by atoms with Gasteiger partial charge >= 0.3 is 0 Å². The van der Waals surface area contributed by atoms with Gasteiger partial charge in [0.25, 0.3) is 0 Å². The number of hydrogen-bond acceptors (Lipinski definition) is 5. The van der Waals surface area contributed by atoms with Crippen molar-refractivity contribution in [2.24, 2.45) is 0 Å². The molecule has 0 bridgehead atoms. The quantitative estimate of drug-likeness (QED) is 0.922. The normalized spacial score (nSPS) is 13.3. The smallest absolute Gasteiger partial charge is 0.178 e. The van der Waals surface area contributed by atoms with Crippen molar-refractivity contribution in [3.05, 3.63) is 34.7 Å². The summed E-state index contributed by atoms with van der Waals surface area (Å²) in [4.78, 5) is 4.93. The molecule has 0 radical (unpaired) electrons.